The number of benzene rings is 1. The average molecular weight is 320 g/mol. The van der Waals surface area contributed by atoms with Gasteiger partial charge in [0.2, 0.25) is 0 Å². The van der Waals surface area contributed by atoms with Crippen molar-refractivity contribution in [3.8, 4) is 5.75 Å². The van der Waals surface area contributed by atoms with Crippen molar-refractivity contribution in [1.29, 1.82) is 5.41 Å². The van der Waals surface area contributed by atoms with Gasteiger partial charge in [-0.05, 0) is 38.5 Å². The van der Waals surface area contributed by atoms with Crippen LogP contribution in [0.25, 0.3) is 0 Å². The van der Waals surface area contributed by atoms with Gasteiger partial charge in [0.25, 0.3) is 5.91 Å². The molecule has 1 aromatic carbocycles. The Balaban J connectivity index is 2.10. The number of nitrogens with one attached hydrogen (secondary N) is 2. The van der Waals surface area contributed by atoms with Gasteiger partial charge >= 0.3 is 0 Å². The Bertz CT molecular complexity index is 525. The van der Waals surface area contributed by atoms with Gasteiger partial charge in [0.15, 0.2) is 0 Å². The molecule has 2 rings (SSSR count). The number of hydrogen-bond acceptors (Lipinski definition) is 4. The van der Waals surface area contributed by atoms with Crippen LogP contribution in [0.3, 0.4) is 0 Å². The molecule has 5 nitrogen and oxygen atoms in total. The van der Waals surface area contributed by atoms with E-state index < -0.39 is 5.91 Å². The van der Waals surface area contributed by atoms with Crippen molar-refractivity contribution in [2.24, 2.45) is 0 Å². The second kappa shape index (κ2) is 8.31. The molecule has 128 valence electrons. The first kappa shape index (κ1) is 17.8. The fourth-order valence-electron chi connectivity index (χ4n) is 2.80. The van der Waals surface area contributed by atoms with E-state index in [1.165, 1.54) is 19.3 Å². The summed E-state index contributed by atoms with van der Waals surface area (Å²) in [6.07, 6.45) is 4.71. The van der Waals surface area contributed by atoms with E-state index in [-0.39, 0.29) is 0 Å². The molecule has 0 atom stereocenters. The predicted molar refractivity (Wildman–Crippen MR) is 91.0 cm³/mol. The SMILES string of the molecule is CCCCCCOc1ccc2c(c1)C(=N)NC2(OCC)OCC. The van der Waals surface area contributed by atoms with Gasteiger partial charge in [-0.25, -0.2) is 0 Å². The summed E-state index contributed by atoms with van der Waals surface area (Å²) in [5.41, 5.74) is 1.61. The summed E-state index contributed by atoms with van der Waals surface area (Å²) in [5, 5.41) is 11.2. The number of rotatable bonds is 10. The summed E-state index contributed by atoms with van der Waals surface area (Å²) < 4.78 is 17.4. The van der Waals surface area contributed by atoms with Crippen LogP contribution < -0.4 is 10.1 Å². The topological polar surface area (TPSA) is 63.6 Å². The highest BCUT2D eigenvalue weighted by Gasteiger charge is 2.43. The highest BCUT2D eigenvalue weighted by atomic mass is 16.7. The monoisotopic (exact) mass is 320 g/mol. The lowest BCUT2D eigenvalue weighted by atomic mass is 10.1. The number of hydrogen-bond donors (Lipinski definition) is 2. The summed E-state index contributed by atoms with van der Waals surface area (Å²) in [5.74, 6) is 0.0455. The van der Waals surface area contributed by atoms with Gasteiger partial charge in [0, 0.05) is 24.3 Å². The van der Waals surface area contributed by atoms with Gasteiger partial charge < -0.3 is 19.5 Å². The maximum atomic E-state index is 8.18. The summed E-state index contributed by atoms with van der Waals surface area (Å²) in [6.45, 7) is 7.73. The number of ether oxygens (including phenoxy) is 3. The van der Waals surface area contributed by atoms with Gasteiger partial charge in [0.05, 0.1) is 6.61 Å². The molecule has 0 aliphatic carbocycles. The fraction of sp³-hybridized carbons (Fsp3) is 0.611. The molecule has 0 amide bonds. The van der Waals surface area contributed by atoms with Crippen molar-refractivity contribution in [2.75, 3.05) is 19.8 Å². The lowest BCUT2D eigenvalue weighted by Gasteiger charge is -2.29. The second-order valence-electron chi connectivity index (χ2n) is 5.60. The molecule has 0 aromatic heterocycles. The van der Waals surface area contributed by atoms with E-state index in [0.29, 0.717) is 25.7 Å². The van der Waals surface area contributed by atoms with E-state index in [9.17, 15) is 0 Å². The minimum atomic E-state index is -1.05. The first-order chi connectivity index (χ1) is 11.2. The zero-order valence-electron chi connectivity index (χ0n) is 14.4. The zero-order chi connectivity index (χ0) is 16.7. The third-order valence-electron chi connectivity index (χ3n) is 3.87. The van der Waals surface area contributed by atoms with Crippen molar-refractivity contribution >= 4 is 5.84 Å². The van der Waals surface area contributed by atoms with Gasteiger partial charge in [0.1, 0.15) is 11.6 Å². The predicted octanol–water partition coefficient (Wildman–Crippen LogP) is 3.76. The quantitative estimate of drug-likeness (QED) is 0.509. The van der Waals surface area contributed by atoms with Gasteiger partial charge in [-0.15, -0.1) is 0 Å². The summed E-state index contributed by atoms with van der Waals surface area (Å²) in [6, 6.07) is 5.74. The van der Waals surface area contributed by atoms with Crippen molar-refractivity contribution < 1.29 is 14.2 Å². The molecule has 23 heavy (non-hydrogen) atoms. The van der Waals surface area contributed by atoms with Crippen LogP contribution in [0, 0.1) is 5.41 Å². The largest absolute Gasteiger partial charge is 0.494 e. The molecular formula is C18H28N2O3. The van der Waals surface area contributed by atoms with Crippen LogP contribution in [0.1, 0.15) is 57.6 Å². The van der Waals surface area contributed by atoms with Crippen LogP contribution in [-0.4, -0.2) is 25.7 Å². The van der Waals surface area contributed by atoms with Crippen LogP contribution in [0.2, 0.25) is 0 Å². The molecule has 5 heteroatoms. The second-order valence-corrected chi connectivity index (χ2v) is 5.60. The molecular weight excluding hydrogens is 292 g/mol. The molecule has 0 fully saturated rings. The molecule has 0 spiro atoms. The van der Waals surface area contributed by atoms with Crippen molar-refractivity contribution in [3.05, 3.63) is 29.3 Å². The molecule has 0 bridgehead atoms. The third kappa shape index (κ3) is 4.03. The minimum absolute atomic E-state index is 0.304. The molecule has 0 saturated carbocycles. The van der Waals surface area contributed by atoms with Gasteiger partial charge in [-0.2, -0.15) is 0 Å². The van der Waals surface area contributed by atoms with Gasteiger partial charge in [-0.1, -0.05) is 26.2 Å². The Morgan fingerprint density at radius 3 is 2.43 bits per heavy atom. The standard InChI is InChI=1S/C18H28N2O3/c1-4-7-8-9-12-21-14-10-11-16-15(13-14)17(19)20-18(16,22-5-2)23-6-3/h10-11,13H,4-9,12H2,1-3H3,(H2,19,20). The average Bonchev–Trinajstić information content (AvgIpc) is 2.80. The van der Waals surface area contributed by atoms with Gasteiger partial charge in [-0.3, -0.25) is 5.41 Å². The number of unbranched alkanes of at least 4 members (excludes halogenated alkanes) is 3. The van der Waals surface area contributed by atoms with Crippen molar-refractivity contribution in [3.63, 3.8) is 0 Å². The number of amidine groups is 1. The van der Waals surface area contributed by atoms with Crippen molar-refractivity contribution in [2.45, 2.75) is 52.4 Å². The maximum absolute atomic E-state index is 8.18. The van der Waals surface area contributed by atoms with Crippen molar-refractivity contribution in [1.82, 2.24) is 5.32 Å². The van der Waals surface area contributed by atoms with Crippen LogP contribution >= 0.6 is 0 Å². The highest BCUT2D eigenvalue weighted by Crippen LogP contribution is 2.35. The highest BCUT2D eigenvalue weighted by molar-refractivity contribution is 6.01. The first-order valence-electron chi connectivity index (χ1n) is 8.59. The normalized spacial score (nSPS) is 15.3. The molecule has 1 aliphatic heterocycles. The summed E-state index contributed by atoms with van der Waals surface area (Å²) in [7, 11) is 0. The Kier molecular flexibility index (Phi) is 6.42. The van der Waals surface area contributed by atoms with E-state index in [2.05, 4.69) is 12.2 Å². The maximum Gasteiger partial charge on any atom is 0.279 e. The minimum Gasteiger partial charge on any atom is -0.494 e. The zero-order valence-corrected chi connectivity index (χ0v) is 14.4. The molecule has 1 aliphatic rings. The van der Waals surface area contributed by atoms with E-state index in [4.69, 9.17) is 19.6 Å². The molecule has 0 unspecified atom stereocenters. The van der Waals surface area contributed by atoms with Crippen LogP contribution in [0.5, 0.6) is 5.75 Å². The van der Waals surface area contributed by atoms with E-state index in [0.717, 1.165) is 23.3 Å². The van der Waals surface area contributed by atoms with Crippen LogP contribution in [0.4, 0.5) is 0 Å². The number of fused-ring (bicyclic) bond motifs is 1. The molecule has 0 saturated heterocycles. The molecule has 0 radical (unpaired) electrons. The Hall–Kier alpha value is -1.59. The summed E-state index contributed by atoms with van der Waals surface area (Å²) >= 11 is 0. The Morgan fingerprint density at radius 2 is 1.78 bits per heavy atom. The lowest BCUT2D eigenvalue weighted by Crippen LogP contribution is -2.44. The first-order valence-corrected chi connectivity index (χ1v) is 8.59. The molecule has 1 aromatic rings. The summed E-state index contributed by atoms with van der Waals surface area (Å²) in [4.78, 5) is 0. The Morgan fingerprint density at radius 1 is 1.04 bits per heavy atom. The van der Waals surface area contributed by atoms with Crippen LogP contribution in [0.15, 0.2) is 18.2 Å². The third-order valence-corrected chi connectivity index (χ3v) is 3.87. The lowest BCUT2D eigenvalue weighted by molar-refractivity contribution is -0.249. The fourth-order valence-corrected chi connectivity index (χ4v) is 2.80. The van der Waals surface area contributed by atoms with E-state index in [1.807, 2.05) is 32.0 Å². The van der Waals surface area contributed by atoms with E-state index in [1.54, 1.807) is 0 Å². The van der Waals surface area contributed by atoms with E-state index >= 15 is 0 Å². The van der Waals surface area contributed by atoms with Crippen LogP contribution in [-0.2, 0) is 15.4 Å². The Labute approximate surface area is 138 Å². The molecule has 1 heterocycles. The smallest absolute Gasteiger partial charge is 0.279 e. The molecule has 2 N–H and O–H groups in total.